The number of ketones is 1. The van der Waals surface area contributed by atoms with Crippen LogP contribution in [-0.4, -0.2) is 45.8 Å². The molecule has 166 valence electrons. The number of nitrogens with zero attached hydrogens (tertiary/aromatic N) is 3. The maximum atomic E-state index is 13.4. The average Bonchev–Trinajstić information content (AvgIpc) is 3.24. The number of carbonyl (C=O) groups is 2. The Labute approximate surface area is 187 Å². The SMILES string of the molecule is CC1C(=O)NCCN1c1cccc(-c2cnc3[nH]cc(C(=O)C4(C)CCCCC4)c3n2)c1. The molecule has 1 aromatic carbocycles. The molecule has 0 spiro atoms. The summed E-state index contributed by atoms with van der Waals surface area (Å²) in [5.74, 6) is 0.200. The largest absolute Gasteiger partial charge is 0.358 e. The first-order valence-corrected chi connectivity index (χ1v) is 11.5. The Hall–Kier alpha value is -3.22. The summed E-state index contributed by atoms with van der Waals surface area (Å²) < 4.78 is 0. The minimum atomic E-state index is -0.323. The Bertz CT molecular complexity index is 1180. The number of amides is 1. The summed E-state index contributed by atoms with van der Waals surface area (Å²) in [4.78, 5) is 40.2. The van der Waals surface area contributed by atoms with Gasteiger partial charge in [0, 0.05) is 36.0 Å². The summed E-state index contributed by atoms with van der Waals surface area (Å²) in [6.45, 7) is 5.39. The summed E-state index contributed by atoms with van der Waals surface area (Å²) in [5, 5.41) is 2.90. The lowest BCUT2D eigenvalue weighted by atomic mass is 9.71. The van der Waals surface area contributed by atoms with Crippen LogP contribution in [0.4, 0.5) is 5.69 Å². The van der Waals surface area contributed by atoms with Gasteiger partial charge in [-0.1, -0.05) is 38.3 Å². The van der Waals surface area contributed by atoms with Crippen LogP contribution in [0.1, 0.15) is 56.3 Å². The molecular formula is C25H29N5O2. The van der Waals surface area contributed by atoms with Gasteiger partial charge < -0.3 is 15.2 Å². The zero-order valence-electron chi connectivity index (χ0n) is 18.6. The Balaban J connectivity index is 1.50. The van der Waals surface area contributed by atoms with E-state index in [1.165, 1.54) is 6.42 Å². The molecule has 2 fully saturated rings. The van der Waals surface area contributed by atoms with E-state index in [0.29, 0.717) is 23.3 Å². The van der Waals surface area contributed by atoms with Crippen LogP contribution in [0.5, 0.6) is 0 Å². The van der Waals surface area contributed by atoms with Crippen LogP contribution in [0.15, 0.2) is 36.7 Å². The second-order valence-corrected chi connectivity index (χ2v) is 9.32. The predicted octanol–water partition coefficient (Wildman–Crippen LogP) is 4.10. The molecular weight excluding hydrogens is 402 g/mol. The van der Waals surface area contributed by atoms with Gasteiger partial charge in [0.1, 0.15) is 11.6 Å². The van der Waals surface area contributed by atoms with Crippen molar-refractivity contribution in [2.24, 2.45) is 5.41 Å². The third kappa shape index (κ3) is 3.55. The predicted molar refractivity (Wildman–Crippen MR) is 125 cm³/mol. The summed E-state index contributed by atoms with van der Waals surface area (Å²) in [6.07, 6.45) is 8.75. The van der Waals surface area contributed by atoms with E-state index in [1.807, 2.05) is 31.2 Å². The van der Waals surface area contributed by atoms with Gasteiger partial charge in [-0.25, -0.2) is 9.97 Å². The van der Waals surface area contributed by atoms with Crippen molar-refractivity contribution in [2.45, 2.75) is 52.0 Å². The van der Waals surface area contributed by atoms with Crippen LogP contribution >= 0.6 is 0 Å². The lowest BCUT2D eigenvalue weighted by Crippen LogP contribution is -2.54. The number of H-pyrrole nitrogens is 1. The molecule has 0 bridgehead atoms. The van der Waals surface area contributed by atoms with Crippen LogP contribution in [-0.2, 0) is 4.79 Å². The van der Waals surface area contributed by atoms with Gasteiger partial charge >= 0.3 is 0 Å². The molecule has 1 amide bonds. The minimum absolute atomic E-state index is 0.0366. The van der Waals surface area contributed by atoms with Crippen molar-refractivity contribution in [3.05, 3.63) is 42.2 Å². The van der Waals surface area contributed by atoms with Gasteiger partial charge in [0.05, 0.1) is 17.5 Å². The molecule has 1 atom stereocenters. The topological polar surface area (TPSA) is 91.0 Å². The number of hydrogen-bond acceptors (Lipinski definition) is 5. The molecule has 32 heavy (non-hydrogen) atoms. The average molecular weight is 432 g/mol. The van der Waals surface area contributed by atoms with E-state index in [9.17, 15) is 9.59 Å². The van der Waals surface area contributed by atoms with E-state index in [4.69, 9.17) is 4.98 Å². The number of carbonyl (C=O) groups excluding carboxylic acids is 2. The molecule has 1 saturated heterocycles. The molecule has 5 rings (SSSR count). The highest BCUT2D eigenvalue weighted by Gasteiger charge is 2.36. The molecule has 1 unspecified atom stereocenters. The first-order chi connectivity index (χ1) is 15.5. The number of piperazine rings is 1. The van der Waals surface area contributed by atoms with Gasteiger partial charge in [-0.2, -0.15) is 0 Å². The van der Waals surface area contributed by atoms with Gasteiger partial charge in [0.15, 0.2) is 11.4 Å². The first kappa shape index (κ1) is 20.7. The van der Waals surface area contributed by atoms with Crippen molar-refractivity contribution in [3.63, 3.8) is 0 Å². The maximum absolute atomic E-state index is 13.4. The molecule has 3 aromatic rings. The summed E-state index contributed by atoms with van der Waals surface area (Å²) in [7, 11) is 0. The fourth-order valence-corrected chi connectivity index (χ4v) is 5.07. The molecule has 0 radical (unpaired) electrons. The molecule has 3 heterocycles. The third-order valence-electron chi connectivity index (χ3n) is 7.10. The molecule has 1 saturated carbocycles. The van der Waals surface area contributed by atoms with E-state index in [1.54, 1.807) is 12.4 Å². The van der Waals surface area contributed by atoms with E-state index < -0.39 is 0 Å². The van der Waals surface area contributed by atoms with E-state index in [0.717, 1.165) is 49.2 Å². The van der Waals surface area contributed by atoms with Crippen LogP contribution in [0.25, 0.3) is 22.4 Å². The first-order valence-electron chi connectivity index (χ1n) is 11.5. The number of hydrogen-bond donors (Lipinski definition) is 2. The van der Waals surface area contributed by atoms with Crippen LogP contribution in [0.3, 0.4) is 0 Å². The quantitative estimate of drug-likeness (QED) is 0.607. The molecule has 1 aliphatic heterocycles. The van der Waals surface area contributed by atoms with Crippen molar-refractivity contribution < 1.29 is 9.59 Å². The van der Waals surface area contributed by atoms with Crippen LogP contribution in [0, 0.1) is 5.41 Å². The molecule has 7 nitrogen and oxygen atoms in total. The van der Waals surface area contributed by atoms with Gasteiger partial charge in [0.2, 0.25) is 5.91 Å². The second kappa shape index (κ2) is 8.04. The van der Waals surface area contributed by atoms with Gasteiger partial charge in [0.25, 0.3) is 0 Å². The molecule has 7 heteroatoms. The summed E-state index contributed by atoms with van der Waals surface area (Å²) >= 11 is 0. The number of nitrogens with one attached hydrogen (secondary N) is 2. The molecule has 1 aliphatic carbocycles. The van der Waals surface area contributed by atoms with Gasteiger partial charge in [-0.15, -0.1) is 0 Å². The number of Topliss-reactive ketones (excluding diaryl/α,β-unsaturated/α-hetero) is 1. The zero-order valence-corrected chi connectivity index (χ0v) is 18.6. The number of fused-ring (bicyclic) bond motifs is 1. The molecule has 2 N–H and O–H groups in total. The molecule has 2 aliphatic rings. The van der Waals surface area contributed by atoms with Crippen molar-refractivity contribution in [2.75, 3.05) is 18.0 Å². The number of rotatable bonds is 4. The Morgan fingerprint density at radius 1 is 1.22 bits per heavy atom. The van der Waals surface area contributed by atoms with E-state index in [2.05, 4.69) is 27.1 Å². The standard InChI is InChI=1S/C25H29N5O2/c1-16-24(32)26-11-12-30(16)18-8-6-7-17(13-18)20-15-28-23-21(29-20)19(14-27-23)22(31)25(2)9-4-3-5-10-25/h6-8,13-16H,3-5,9-12H2,1-2H3,(H,26,32)(H,27,28). The van der Waals surface area contributed by atoms with Crippen molar-refractivity contribution in [3.8, 4) is 11.3 Å². The highest BCUT2D eigenvalue weighted by Crippen LogP contribution is 2.39. The minimum Gasteiger partial charge on any atom is -0.358 e. The fraction of sp³-hybridized carbons (Fsp3) is 0.440. The number of benzene rings is 1. The second-order valence-electron chi connectivity index (χ2n) is 9.32. The van der Waals surface area contributed by atoms with Gasteiger partial charge in [-0.3, -0.25) is 9.59 Å². The lowest BCUT2D eigenvalue weighted by molar-refractivity contribution is -0.122. The number of aromatic nitrogens is 3. The van der Waals surface area contributed by atoms with E-state index in [-0.39, 0.29) is 23.1 Å². The highest BCUT2D eigenvalue weighted by atomic mass is 16.2. The smallest absolute Gasteiger partial charge is 0.242 e. The lowest BCUT2D eigenvalue weighted by Gasteiger charge is -2.34. The zero-order chi connectivity index (χ0) is 22.3. The fourth-order valence-electron chi connectivity index (χ4n) is 5.07. The van der Waals surface area contributed by atoms with Crippen LogP contribution in [0.2, 0.25) is 0 Å². The summed E-state index contributed by atoms with van der Waals surface area (Å²) in [5.41, 5.74) is 4.19. The van der Waals surface area contributed by atoms with Crippen molar-refractivity contribution >= 4 is 28.5 Å². The third-order valence-corrected chi connectivity index (χ3v) is 7.10. The van der Waals surface area contributed by atoms with Crippen molar-refractivity contribution in [1.29, 1.82) is 0 Å². The highest BCUT2D eigenvalue weighted by molar-refractivity contribution is 6.08. The Kier molecular flexibility index (Phi) is 5.19. The van der Waals surface area contributed by atoms with Crippen molar-refractivity contribution in [1.82, 2.24) is 20.3 Å². The van der Waals surface area contributed by atoms with Crippen LogP contribution < -0.4 is 10.2 Å². The van der Waals surface area contributed by atoms with E-state index >= 15 is 0 Å². The Morgan fingerprint density at radius 3 is 2.84 bits per heavy atom. The normalized spacial score (nSPS) is 20.9. The maximum Gasteiger partial charge on any atom is 0.242 e. The number of anilines is 1. The Morgan fingerprint density at radius 2 is 2.03 bits per heavy atom. The summed E-state index contributed by atoms with van der Waals surface area (Å²) in [6, 6.07) is 7.80. The molecule has 2 aromatic heterocycles. The monoisotopic (exact) mass is 431 g/mol. The number of aromatic amines is 1. The van der Waals surface area contributed by atoms with Gasteiger partial charge in [-0.05, 0) is 31.9 Å².